The highest BCUT2D eigenvalue weighted by atomic mass is 32.2. The van der Waals surface area contributed by atoms with Crippen LogP contribution in [0.1, 0.15) is 20.3 Å². The largest absolute Gasteiger partial charge is 0.481 e. The maximum atomic E-state index is 11.7. The highest BCUT2D eigenvalue weighted by Gasteiger charge is 2.66. The minimum atomic E-state index is -1.01. The Morgan fingerprint density at radius 2 is 2.29 bits per heavy atom. The number of hydrogen-bond donors (Lipinski definition) is 1. The molecule has 0 aromatic carbocycles. The zero-order valence-corrected chi connectivity index (χ0v) is 9.21. The highest BCUT2D eigenvalue weighted by molar-refractivity contribution is 7.83. The number of hydrogen-bond acceptors (Lipinski definition) is 2. The van der Waals surface area contributed by atoms with Crippen molar-refractivity contribution in [2.24, 2.45) is 11.3 Å². The number of aliphatic carboxylic acids is 1. The van der Waals surface area contributed by atoms with Crippen LogP contribution in [-0.2, 0) is 15.8 Å². The molecule has 1 aliphatic heterocycles. The van der Waals surface area contributed by atoms with Crippen LogP contribution in [0, 0.1) is 11.3 Å². The normalized spacial score (nSPS) is 38.4. The molecule has 1 saturated carbocycles. The smallest absolute Gasteiger partial charge is 0.311 e. The lowest BCUT2D eigenvalue weighted by Gasteiger charge is -2.19. The van der Waals surface area contributed by atoms with Crippen molar-refractivity contribution in [1.29, 1.82) is 0 Å². The van der Waals surface area contributed by atoms with Gasteiger partial charge in [0.2, 0.25) is 0 Å². The Kier molecular flexibility index (Phi) is 2.19. The van der Waals surface area contributed by atoms with Gasteiger partial charge in [0.25, 0.3) is 0 Å². The first-order valence-corrected chi connectivity index (χ1v) is 6.03. The van der Waals surface area contributed by atoms with Crippen LogP contribution in [0.4, 0.5) is 0 Å². The van der Waals surface area contributed by atoms with E-state index in [1.165, 1.54) is 0 Å². The standard InChI is InChI=1S/C9H15NO3S/c1-6(2)14(13)10-4-7-3-9(7,5-10)8(11)12/h6-7H,3-5H2,1-2H3,(H,11,12). The van der Waals surface area contributed by atoms with E-state index >= 15 is 0 Å². The summed E-state index contributed by atoms with van der Waals surface area (Å²) < 4.78 is 13.5. The minimum Gasteiger partial charge on any atom is -0.481 e. The summed E-state index contributed by atoms with van der Waals surface area (Å²) in [5.74, 6) is -0.478. The van der Waals surface area contributed by atoms with Gasteiger partial charge in [-0.05, 0) is 26.2 Å². The second kappa shape index (κ2) is 3.03. The lowest BCUT2D eigenvalue weighted by atomic mass is 10.1. The number of carbonyl (C=O) groups is 1. The molecular formula is C9H15NO3S. The number of nitrogens with zero attached hydrogens (tertiary/aromatic N) is 1. The number of carboxylic acid groups (broad SMARTS) is 1. The fraction of sp³-hybridized carbons (Fsp3) is 0.889. The number of carboxylic acids is 1. The maximum Gasteiger partial charge on any atom is 0.311 e. The van der Waals surface area contributed by atoms with Gasteiger partial charge in [0.05, 0.1) is 16.4 Å². The Hall–Kier alpha value is -0.420. The third-order valence-corrected chi connectivity index (χ3v) is 4.79. The highest BCUT2D eigenvalue weighted by Crippen LogP contribution is 2.58. The van der Waals surface area contributed by atoms with E-state index in [9.17, 15) is 9.00 Å². The van der Waals surface area contributed by atoms with Crippen LogP contribution in [0.25, 0.3) is 0 Å². The quantitative estimate of drug-likeness (QED) is 0.747. The van der Waals surface area contributed by atoms with Crippen LogP contribution >= 0.6 is 0 Å². The van der Waals surface area contributed by atoms with Gasteiger partial charge in [0.1, 0.15) is 0 Å². The molecule has 1 aliphatic carbocycles. The molecule has 80 valence electrons. The molecule has 3 atom stereocenters. The van der Waals surface area contributed by atoms with Crippen molar-refractivity contribution < 1.29 is 14.1 Å². The SMILES string of the molecule is CC(C)S(=O)N1CC2CC2(C(=O)O)C1. The molecule has 5 heteroatoms. The van der Waals surface area contributed by atoms with E-state index in [1.807, 2.05) is 18.2 Å². The predicted octanol–water partition coefficient (Wildman–Crippen LogP) is 0.465. The third kappa shape index (κ3) is 1.30. The fourth-order valence-electron chi connectivity index (χ4n) is 2.20. The summed E-state index contributed by atoms with van der Waals surface area (Å²) in [7, 11) is -1.01. The molecule has 1 heterocycles. The van der Waals surface area contributed by atoms with E-state index in [0.29, 0.717) is 13.1 Å². The third-order valence-electron chi connectivity index (χ3n) is 3.20. The van der Waals surface area contributed by atoms with Crippen LogP contribution in [0.15, 0.2) is 0 Å². The molecular weight excluding hydrogens is 202 g/mol. The molecule has 0 bridgehead atoms. The van der Waals surface area contributed by atoms with Gasteiger partial charge in [0.15, 0.2) is 0 Å². The molecule has 2 rings (SSSR count). The summed E-state index contributed by atoms with van der Waals surface area (Å²) in [6, 6.07) is 0. The van der Waals surface area contributed by atoms with Crippen molar-refractivity contribution in [2.45, 2.75) is 25.5 Å². The van der Waals surface area contributed by atoms with Gasteiger partial charge in [0, 0.05) is 18.3 Å². The summed E-state index contributed by atoms with van der Waals surface area (Å²) >= 11 is 0. The molecule has 4 nitrogen and oxygen atoms in total. The first-order chi connectivity index (χ1) is 6.47. The average molecular weight is 217 g/mol. The molecule has 2 fully saturated rings. The lowest BCUT2D eigenvalue weighted by molar-refractivity contribution is -0.143. The Balaban J connectivity index is 2.04. The minimum absolute atomic E-state index is 0.0818. The summed E-state index contributed by atoms with van der Waals surface area (Å²) in [4.78, 5) is 11.0. The molecule has 0 spiro atoms. The van der Waals surface area contributed by atoms with Crippen molar-refractivity contribution in [3.8, 4) is 0 Å². The molecule has 0 radical (unpaired) electrons. The second-order valence-electron chi connectivity index (χ2n) is 4.51. The molecule has 1 saturated heterocycles. The van der Waals surface area contributed by atoms with Gasteiger partial charge >= 0.3 is 5.97 Å². The van der Waals surface area contributed by atoms with Crippen LogP contribution in [0.3, 0.4) is 0 Å². The topological polar surface area (TPSA) is 57.6 Å². The van der Waals surface area contributed by atoms with Gasteiger partial charge in [-0.25, -0.2) is 8.51 Å². The van der Waals surface area contributed by atoms with Crippen LogP contribution in [-0.4, -0.2) is 37.9 Å². The van der Waals surface area contributed by atoms with Gasteiger partial charge < -0.3 is 5.11 Å². The monoisotopic (exact) mass is 217 g/mol. The average Bonchev–Trinajstić information content (AvgIpc) is 2.69. The van der Waals surface area contributed by atoms with Gasteiger partial charge in [-0.15, -0.1) is 0 Å². The molecule has 3 unspecified atom stereocenters. The molecule has 0 aromatic heterocycles. The summed E-state index contributed by atoms with van der Waals surface area (Å²) in [6.45, 7) is 4.95. The van der Waals surface area contributed by atoms with Gasteiger partial charge in [-0.3, -0.25) is 4.79 Å². The van der Waals surface area contributed by atoms with E-state index in [0.717, 1.165) is 6.42 Å². The van der Waals surface area contributed by atoms with E-state index in [4.69, 9.17) is 5.11 Å². The van der Waals surface area contributed by atoms with E-state index < -0.39 is 22.4 Å². The van der Waals surface area contributed by atoms with Crippen molar-refractivity contribution in [3.63, 3.8) is 0 Å². The van der Waals surface area contributed by atoms with Crippen LogP contribution in [0.2, 0.25) is 0 Å². The molecule has 0 amide bonds. The Morgan fingerprint density at radius 3 is 2.71 bits per heavy atom. The predicted molar refractivity (Wildman–Crippen MR) is 53.0 cm³/mol. The van der Waals surface area contributed by atoms with Crippen molar-refractivity contribution in [3.05, 3.63) is 0 Å². The van der Waals surface area contributed by atoms with Gasteiger partial charge in [-0.1, -0.05) is 0 Å². The summed E-state index contributed by atoms with van der Waals surface area (Å²) in [6.07, 6.45) is 0.772. The van der Waals surface area contributed by atoms with Crippen molar-refractivity contribution >= 4 is 17.0 Å². The fourth-order valence-corrected chi connectivity index (χ4v) is 3.48. The van der Waals surface area contributed by atoms with E-state index in [-0.39, 0.29) is 11.2 Å². The molecule has 1 N–H and O–H groups in total. The first kappa shape index (κ1) is 10.1. The zero-order valence-electron chi connectivity index (χ0n) is 8.40. The van der Waals surface area contributed by atoms with Crippen molar-refractivity contribution in [2.75, 3.05) is 13.1 Å². The van der Waals surface area contributed by atoms with Crippen LogP contribution < -0.4 is 0 Å². The molecule has 14 heavy (non-hydrogen) atoms. The van der Waals surface area contributed by atoms with Crippen molar-refractivity contribution in [1.82, 2.24) is 4.31 Å². The Bertz CT molecular complexity index is 304. The van der Waals surface area contributed by atoms with E-state index in [1.54, 1.807) is 0 Å². The number of fused-ring (bicyclic) bond motifs is 1. The molecule has 2 aliphatic rings. The first-order valence-electron chi connectivity index (χ1n) is 4.86. The molecule has 0 aromatic rings. The lowest BCUT2D eigenvalue weighted by Crippen LogP contribution is -2.33. The van der Waals surface area contributed by atoms with Crippen LogP contribution in [0.5, 0.6) is 0 Å². The zero-order chi connectivity index (χ0) is 10.5. The van der Waals surface area contributed by atoms with E-state index in [2.05, 4.69) is 0 Å². The van der Waals surface area contributed by atoms with Gasteiger partial charge in [-0.2, -0.15) is 0 Å². The summed E-state index contributed by atoms with van der Waals surface area (Å²) in [5.41, 5.74) is -0.551. The number of piperidine rings is 1. The maximum absolute atomic E-state index is 11.7. The Morgan fingerprint density at radius 1 is 1.64 bits per heavy atom. The summed E-state index contributed by atoms with van der Waals surface area (Å²) in [5, 5.41) is 9.11. The Labute approximate surface area is 85.9 Å². The number of rotatable bonds is 3. The second-order valence-corrected chi connectivity index (χ2v) is 6.52.